The Kier molecular flexibility index (Phi) is 4.76. The molecule has 0 atom stereocenters. The van der Waals surface area contributed by atoms with E-state index in [-0.39, 0.29) is 0 Å². The minimum atomic E-state index is 0.499. The van der Waals surface area contributed by atoms with Gasteiger partial charge in [0.15, 0.2) is 0 Å². The summed E-state index contributed by atoms with van der Waals surface area (Å²) in [6, 6.07) is 6.62. The lowest BCUT2D eigenvalue weighted by atomic mass is 9.85. The molecule has 1 aliphatic rings. The third-order valence-corrected chi connectivity index (χ3v) is 4.96. The Morgan fingerprint density at radius 1 is 1.22 bits per heavy atom. The first-order valence-electron chi connectivity index (χ1n) is 6.61. The standard InChI is InChI=1S/C15H21Br2N/c1-15(2)6-3-8-18(9-7-15)14-5-4-13(17)10-12(14)11-16/h4-5,10H,3,6-9,11H2,1-2H3. The molecule has 1 aliphatic heterocycles. The van der Waals surface area contributed by atoms with Crippen molar-refractivity contribution < 1.29 is 0 Å². The van der Waals surface area contributed by atoms with Crippen LogP contribution in [0.5, 0.6) is 0 Å². The number of alkyl halides is 1. The summed E-state index contributed by atoms with van der Waals surface area (Å²) in [5.74, 6) is 0. The third-order valence-electron chi connectivity index (χ3n) is 3.87. The molecule has 1 nitrogen and oxygen atoms in total. The Balaban J connectivity index is 2.21. The zero-order valence-corrected chi connectivity index (χ0v) is 14.3. The van der Waals surface area contributed by atoms with E-state index in [1.807, 2.05) is 0 Å². The van der Waals surface area contributed by atoms with Crippen molar-refractivity contribution in [3.63, 3.8) is 0 Å². The van der Waals surface area contributed by atoms with Crippen molar-refractivity contribution in [2.24, 2.45) is 5.41 Å². The van der Waals surface area contributed by atoms with E-state index in [1.54, 1.807) is 0 Å². The third kappa shape index (κ3) is 3.51. The highest BCUT2D eigenvalue weighted by atomic mass is 79.9. The molecule has 3 heteroatoms. The van der Waals surface area contributed by atoms with Crippen molar-refractivity contribution in [3.05, 3.63) is 28.2 Å². The molecular weight excluding hydrogens is 354 g/mol. The summed E-state index contributed by atoms with van der Waals surface area (Å²) in [6.45, 7) is 7.15. The van der Waals surface area contributed by atoms with Gasteiger partial charge in [0.1, 0.15) is 0 Å². The van der Waals surface area contributed by atoms with Gasteiger partial charge in [0.2, 0.25) is 0 Å². The molecule has 1 fully saturated rings. The number of benzene rings is 1. The van der Waals surface area contributed by atoms with E-state index in [0.29, 0.717) is 5.41 Å². The van der Waals surface area contributed by atoms with E-state index >= 15 is 0 Å². The normalized spacial score (nSPS) is 19.7. The number of nitrogens with zero attached hydrogens (tertiary/aromatic N) is 1. The van der Waals surface area contributed by atoms with Crippen LogP contribution < -0.4 is 4.90 Å². The molecule has 0 amide bonds. The molecule has 0 aromatic heterocycles. The summed E-state index contributed by atoms with van der Waals surface area (Å²) in [5.41, 5.74) is 3.27. The summed E-state index contributed by atoms with van der Waals surface area (Å²) in [6.07, 6.45) is 3.92. The molecule has 100 valence electrons. The Morgan fingerprint density at radius 2 is 2.00 bits per heavy atom. The predicted octanol–water partition coefficient (Wildman–Crippen LogP) is 5.36. The second kappa shape index (κ2) is 5.96. The van der Waals surface area contributed by atoms with Crippen LogP contribution in [-0.2, 0) is 5.33 Å². The molecule has 1 heterocycles. The molecule has 0 unspecified atom stereocenters. The molecule has 2 rings (SSSR count). The molecule has 0 saturated carbocycles. The summed E-state index contributed by atoms with van der Waals surface area (Å²) in [4.78, 5) is 2.55. The topological polar surface area (TPSA) is 3.24 Å². The van der Waals surface area contributed by atoms with Crippen LogP contribution in [0.3, 0.4) is 0 Å². The van der Waals surface area contributed by atoms with Gasteiger partial charge in [-0.2, -0.15) is 0 Å². The first kappa shape index (κ1) is 14.4. The van der Waals surface area contributed by atoms with Crippen molar-refractivity contribution in [2.75, 3.05) is 18.0 Å². The summed E-state index contributed by atoms with van der Waals surface area (Å²) >= 11 is 7.16. The summed E-state index contributed by atoms with van der Waals surface area (Å²) < 4.78 is 1.16. The van der Waals surface area contributed by atoms with Gasteiger partial charge in [-0.25, -0.2) is 0 Å². The zero-order valence-electron chi connectivity index (χ0n) is 11.2. The van der Waals surface area contributed by atoms with E-state index in [9.17, 15) is 0 Å². The molecule has 1 saturated heterocycles. The van der Waals surface area contributed by atoms with Crippen LogP contribution in [0.2, 0.25) is 0 Å². The lowest BCUT2D eigenvalue weighted by molar-refractivity contribution is 0.325. The van der Waals surface area contributed by atoms with Gasteiger partial charge in [0, 0.05) is 28.6 Å². The van der Waals surface area contributed by atoms with Gasteiger partial charge in [0.05, 0.1) is 0 Å². The van der Waals surface area contributed by atoms with E-state index in [2.05, 4.69) is 68.8 Å². The van der Waals surface area contributed by atoms with Gasteiger partial charge < -0.3 is 4.90 Å². The number of hydrogen-bond donors (Lipinski definition) is 0. The van der Waals surface area contributed by atoms with E-state index in [0.717, 1.165) is 9.80 Å². The van der Waals surface area contributed by atoms with E-state index < -0.39 is 0 Å². The van der Waals surface area contributed by atoms with Crippen molar-refractivity contribution in [3.8, 4) is 0 Å². The van der Waals surface area contributed by atoms with Crippen LogP contribution in [0.15, 0.2) is 22.7 Å². The Hall–Kier alpha value is -0.0200. The van der Waals surface area contributed by atoms with E-state index in [4.69, 9.17) is 0 Å². The Morgan fingerprint density at radius 3 is 2.72 bits per heavy atom. The van der Waals surface area contributed by atoms with Crippen molar-refractivity contribution in [1.29, 1.82) is 0 Å². The van der Waals surface area contributed by atoms with Gasteiger partial charge in [-0.05, 0) is 48.4 Å². The number of halogens is 2. The van der Waals surface area contributed by atoms with Crippen LogP contribution in [0, 0.1) is 5.41 Å². The smallest absolute Gasteiger partial charge is 0.0408 e. The number of anilines is 1. The van der Waals surface area contributed by atoms with Crippen molar-refractivity contribution in [2.45, 2.75) is 38.4 Å². The first-order chi connectivity index (χ1) is 8.52. The van der Waals surface area contributed by atoms with Crippen LogP contribution in [0.1, 0.15) is 38.7 Å². The fourth-order valence-corrected chi connectivity index (χ4v) is 3.49. The van der Waals surface area contributed by atoms with Gasteiger partial charge in [0.25, 0.3) is 0 Å². The van der Waals surface area contributed by atoms with Gasteiger partial charge in [-0.3, -0.25) is 0 Å². The fraction of sp³-hybridized carbons (Fsp3) is 0.600. The minimum absolute atomic E-state index is 0.499. The maximum Gasteiger partial charge on any atom is 0.0408 e. The molecule has 1 aromatic rings. The Labute approximate surface area is 127 Å². The van der Waals surface area contributed by atoms with Gasteiger partial charge >= 0.3 is 0 Å². The Bertz CT molecular complexity index is 415. The minimum Gasteiger partial charge on any atom is -0.371 e. The second-order valence-corrected chi connectivity index (χ2v) is 7.39. The van der Waals surface area contributed by atoms with Gasteiger partial charge in [-0.15, -0.1) is 0 Å². The quantitative estimate of drug-likeness (QED) is 0.629. The molecule has 0 aliphatic carbocycles. The number of rotatable bonds is 2. The van der Waals surface area contributed by atoms with Crippen molar-refractivity contribution >= 4 is 37.5 Å². The molecular formula is C15H21Br2N. The fourth-order valence-electron chi connectivity index (χ4n) is 2.63. The van der Waals surface area contributed by atoms with E-state index in [1.165, 1.54) is 43.6 Å². The average Bonchev–Trinajstić information content (AvgIpc) is 2.50. The average molecular weight is 375 g/mol. The van der Waals surface area contributed by atoms with Crippen LogP contribution in [0.4, 0.5) is 5.69 Å². The SMILES string of the molecule is CC1(C)CCCN(c2ccc(Br)cc2CBr)CC1. The first-order valence-corrected chi connectivity index (χ1v) is 8.53. The molecule has 0 N–H and O–H groups in total. The van der Waals surface area contributed by atoms with Gasteiger partial charge in [-0.1, -0.05) is 45.7 Å². The lowest BCUT2D eigenvalue weighted by Gasteiger charge is -2.26. The highest BCUT2D eigenvalue weighted by molar-refractivity contribution is 9.10. The maximum atomic E-state index is 3.60. The lowest BCUT2D eigenvalue weighted by Crippen LogP contribution is -2.25. The second-order valence-electron chi connectivity index (χ2n) is 5.91. The van der Waals surface area contributed by atoms with Crippen molar-refractivity contribution in [1.82, 2.24) is 0 Å². The van der Waals surface area contributed by atoms with Crippen LogP contribution in [-0.4, -0.2) is 13.1 Å². The summed E-state index contributed by atoms with van der Waals surface area (Å²) in [5, 5.41) is 0.918. The highest BCUT2D eigenvalue weighted by Gasteiger charge is 2.23. The molecule has 1 aromatic carbocycles. The van der Waals surface area contributed by atoms with Crippen LogP contribution in [0.25, 0.3) is 0 Å². The molecule has 0 radical (unpaired) electrons. The largest absolute Gasteiger partial charge is 0.371 e. The monoisotopic (exact) mass is 373 g/mol. The maximum absolute atomic E-state index is 3.60. The number of hydrogen-bond acceptors (Lipinski definition) is 1. The predicted molar refractivity (Wildman–Crippen MR) is 86.6 cm³/mol. The summed E-state index contributed by atoms with van der Waals surface area (Å²) in [7, 11) is 0. The molecule has 18 heavy (non-hydrogen) atoms. The highest BCUT2D eigenvalue weighted by Crippen LogP contribution is 2.34. The zero-order chi connectivity index (χ0) is 13.2. The molecule has 0 bridgehead atoms. The van der Waals surface area contributed by atoms with Crippen LogP contribution >= 0.6 is 31.9 Å². The molecule has 0 spiro atoms.